The third-order valence-electron chi connectivity index (χ3n) is 8.74. The number of benzene rings is 2. The van der Waals surface area contributed by atoms with Crippen molar-refractivity contribution in [3.63, 3.8) is 0 Å². The maximum absolute atomic E-state index is 14.0. The molecule has 3 N–H and O–H groups in total. The number of nitrogens with one attached hydrogen (secondary N) is 1. The number of rotatable bonds is 4. The summed E-state index contributed by atoms with van der Waals surface area (Å²) in [7, 11) is 0. The fraction of sp³-hybridized carbons (Fsp3) is 0.517. The molecule has 0 unspecified atom stereocenters. The van der Waals surface area contributed by atoms with Gasteiger partial charge in [0, 0.05) is 29.2 Å². The lowest BCUT2D eigenvalue weighted by molar-refractivity contribution is -0.0902. The highest BCUT2D eigenvalue weighted by Gasteiger charge is 2.58. The van der Waals surface area contributed by atoms with Gasteiger partial charge in [0.15, 0.2) is 5.78 Å². The van der Waals surface area contributed by atoms with Crippen molar-refractivity contribution in [3.8, 4) is 11.5 Å². The van der Waals surface area contributed by atoms with Gasteiger partial charge in [-0.3, -0.25) is 9.59 Å². The van der Waals surface area contributed by atoms with Crippen molar-refractivity contribution in [1.29, 1.82) is 0 Å². The lowest BCUT2D eigenvalue weighted by atomic mass is 9.45. The van der Waals surface area contributed by atoms with Crippen molar-refractivity contribution in [2.24, 2.45) is 28.6 Å². The van der Waals surface area contributed by atoms with Gasteiger partial charge in [0.2, 0.25) is 0 Å². The number of hydrogen-bond donors (Lipinski definition) is 3. The van der Waals surface area contributed by atoms with Crippen molar-refractivity contribution < 1.29 is 19.8 Å². The maximum Gasteiger partial charge on any atom is 0.251 e. The Morgan fingerprint density at radius 1 is 0.941 bits per heavy atom. The minimum Gasteiger partial charge on any atom is -0.508 e. The summed E-state index contributed by atoms with van der Waals surface area (Å²) in [5.41, 5.74) is 1.85. The first-order valence-corrected chi connectivity index (χ1v) is 12.4. The molecule has 0 radical (unpaired) electrons. The van der Waals surface area contributed by atoms with E-state index in [2.05, 4.69) is 33.0 Å². The predicted octanol–water partition coefficient (Wildman–Crippen LogP) is 5.88. The summed E-state index contributed by atoms with van der Waals surface area (Å²) < 4.78 is 0. The van der Waals surface area contributed by atoms with Crippen LogP contribution in [-0.2, 0) is 0 Å². The Kier molecular flexibility index (Phi) is 6.26. The molecule has 5 atom stereocenters. The van der Waals surface area contributed by atoms with Gasteiger partial charge < -0.3 is 15.5 Å². The number of hydrogen-bond acceptors (Lipinski definition) is 4. The minimum absolute atomic E-state index is 0.0411. The van der Waals surface area contributed by atoms with Gasteiger partial charge >= 0.3 is 0 Å². The molecule has 0 saturated heterocycles. The largest absolute Gasteiger partial charge is 0.508 e. The maximum atomic E-state index is 14.0. The van der Waals surface area contributed by atoms with Crippen LogP contribution in [0.15, 0.2) is 42.5 Å². The van der Waals surface area contributed by atoms with E-state index in [-0.39, 0.29) is 57.8 Å². The van der Waals surface area contributed by atoms with Crippen LogP contribution in [0.1, 0.15) is 79.7 Å². The monoisotopic (exact) mass is 463 g/mol. The van der Waals surface area contributed by atoms with Gasteiger partial charge in [-0.2, -0.15) is 0 Å². The lowest BCUT2D eigenvalue weighted by Gasteiger charge is -2.60. The summed E-state index contributed by atoms with van der Waals surface area (Å²) in [6.45, 7) is 10.9. The molecule has 0 aromatic heterocycles. The number of carbonyl (C=O) groups excluding carboxylic acids is 2. The lowest BCUT2D eigenvalue weighted by Crippen LogP contribution is -2.60. The average Bonchev–Trinajstić information content (AvgIpc) is 2.74. The zero-order chi connectivity index (χ0) is 24.8. The van der Waals surface area contributed by atoms with Gasteiger partial charge in [0.25, 0.3) is 5.91 Å². The van der Waals surface area contributed by atoms with Crippen LogP contribution >= 0.6 is 0 Å². The second-order valence-electron chi connectivity index (χ2n) is 11.5. The van der Waals surface area contributed by atoms with Crippen LogP contribution in [0.3, 0.4) is 0 Å². The Labute approximate surface area is 202 Å². The molecule has 2 aliphatic rings. The summed E-state index contributed by atoms with van der Waals surface area (Å²) in [6.07, 6.45) is 3.93. The summed E-state index contributed by atoms with van der Waals surface area (Å²) in [4.78, 5) is 27.1. The fourth-order valence-corrected chi connectivity index (χ4v) is 7.03. The second-order valence-corrected chi connectivity index (χ2v) is 11.5. The third-order valence-corrected chi connectivity index (χ3v) is 8.74. The Morgan fingerprint density at radius 2 is 1.56 bits per heavy atom. The van der Waals surface area contributed by atoms with Gasteiger partial charge in [-0.25, -0.2) is 0 Å². The molecular formula is C29H37NO4. The van der Waals surface area contributed by atoms with Crippen molar-refractivity contribution in [3.05, 3.63) is 59.2 Å². The molecule has 1 amide bonds. The Bertz CT molecular complexity index is 1070. The Morgan fingerprint density at radius 3 is 2.18 bits per heavy atom. The molecule has 2 aliphatic carbocycles. The first kappa shape index (κ1) is 24.3. The fourth-order valence-electron chi connectivity index (χ4n) is 7.03. The van der Waals surface area contributed by atoms with E-state index in [0.717, 1.165) is 31.2 Å². The van der Waals surface area contributed by atoms with Crippen LogP contribution in [0.4, 0.5) is 0 Å². The first-order chi connectivity index (χ1) is 15.9. The number of phenols is 2. The van der Waals surface area contributed by atoms with E-state index in [1.807, 2.05) is 31.2 Å². The van der Waals surface area contributed by atoms with E-state index in [1.54, 1.807) is 0 Å². The number of phenolic OH excluding ortho intramolecular Hbond substituents is 2. The van der Waals surface area contributed by atoms with Crippen molar-refractivity contribution >= 4 is 11.7 Å². The van der Waals surface area contributed by atoms with Gasteiger partial charge in [-0.15, -0.1) is 0 Å². The third kappa shape index (κ3) is 4.33. The van der Waals surface area contributed by atoms with Crippen molar-refractivity contribution in [2.75, 3.05) is 0 Å². The molecular weight excluding hydrogens is 426 g/mol. The average molecular weight is 464 g/mol. The first-order valence-electron chi connectivity index (χ1n) is 12.4. The highest BCUT2D eigenvalue weighted by Crippen LogP contribution is 2.61. The molecule has 2 aromatic carbocycles. The van der Waals surface area contributed by atoms with E-state index in [1.165, 1.54) is 18.2 Å². The van der Waals surface area contributed by atoms with E-state index in [9.17, 15) is 19.8 Å². The molecule has 0 bridgehead atoms. The minimum atomic E-state index is -0.338. The van der Waals surface area contributed by atoms with Gasteiger partial charge in [-0.1, -0.05) is 51.8 Å². The normalized spacial score (nSPS) is 30.3. The molecule has 0 heterocycles. The molecule has 2 fully saturated rings. The van der Waals surface area contributed by atoms with E-state index >= 15 is 0 Å². The van der Waals surface area contributed by atoms with Crippen LogP contribution in [-0.4, -0.2) is 27.9 Å². The Hall–Kier alpha value is -2.82. The quantitative estimate of drug-likeness (QED) is 0.495. The van der Waals surface area contributed by atoms with E-state index < -0.39 is 0 Å². The standard InChI is InChI=1S/C29H37NO4/c1-17-7-9-19(10-8-17)27(34)30-23-16-24-28(3,4)11-6-12-29(24,5)25(18(23)2)26(33)20-13-21(31)15-22(32)14-20/h7-10,13-15,18,23-25,31-32H,6,11-12,16H2,1-5H3,(H,30,34)/t18-,23-,24+,25-,29+/m1/s1. The summed E-state index contributed by atoms with van der Waals surface area (Å²) in [6, 6.07) is 11.5. The van der Waals surface area contributed by atoms with Crippen molar-refractivity contribution in [1.82, 2.24) is 5.32 Å². The Balaban J connectivity index is 1.72. The molecule has 5 heteroatoms. The zero-order valence-electron chi connectivity index (χ0n) is 20.9. The van der Waals surface area contributed by atoms with E-state index in [0.29, 0.717) is 11.1 Å². The van der Waals surface area contributed by atoms with Crippen molar-refractivity contribution in [2.45, 2.75) is 66.3 Å². The SMILES string of the molecule is Cc1ccc(C(=O)N[C@@H]2C[C@H]3C(C)(C)CCC[C@]3(C)[C@@H](C(=O)c3cc(O)cc(O)c3)[C@@H]2C)cc1. The topological polar surface area (TPSA) is 86.6 Å². The summed E-state index contributed by atoms with van der Waals surface area (Å²) >= 11 is 0. The number of fused-ring (bicyclic) bond motifs is 1. The second kappa shape index (κ2) is 8.75. The molecule has 5 nitrogen and oxygen atoms in total. The highest BCUT2D eigenvalue weighted by molar-refractivity contribution is 5.99. The number of amides is 1. The molecule has 0 aliphatic heterocycles. The van der Waals surface area contributed by atoms with Crippen LogP contribution in [0.5, 0.6) is 11.5 Å². The van der Waals surface area contributed by atoms with Gasteiger partial charge in [0.05, 0.1) is 0 Å². The van der Waals surface area contributed by atoms with Gasteiger partial charge in [0.1, 0.15) is 11.5 Å². The number of carbonyl (C=O) groups is 2. The van der Waals surface area contributed by atoms with Crippen LogP contribution in [0.25, 0.3) is 0 Å². The van der Waals surface area contributed by atoms with E-state index in [4.69, 9.17) is 0 Å². The number of ketones is 1. The molecule has 34 heavy (non-hydrogen) atoms. The molecule has 2 saturated carbocycles. The molecule has 182 valence electrons. The van der Waals surface area contributed by atoms with Gasteiger partial charge in [-0.05, 0) is 73.1 Å². The smallest absolute Gasteiger partial charge is 0.251 e. The zero-order valence-corrected chi connectivity index (χ0v) is 20.9. The number of aryl methyl sites for hydroxylation is 1. The summed E-state index contributed by atoms with van der Waals surface area (Å²) in [5.74, 6) is -0.609. The highest BCUT2D eigenvalue weighted by atomic mass is 16.3. The predicted molar refractivity (Wildman–Crippen MR) is 133 cm³/mol. The van der Waals surface area contributed by atoms with Crippen LogP contribution in [0.2, 0.25) is 0 Å². The van der Waals surface area contributed by atoms with Crippen LogP contribution < -0.4 is 5.32 Å². The summed E-state index contributed by atoms with van der Waals surface area (Å²) in [5, 5.41) is 23.3. The number of aromatic hydroxyl groups is 2. The molecule has 4 rings (SSSR count). The molecule has 2 aromatic rings. The molecule has 0 spiro atoms. The number of Topliss-reactive ketones (excluding diaryl/α,β-unsaturated/α-hetero) is 1. The van der Waals surface area contributed by atoms with Crippen LogP contribution in [0, 0.1) is 35.5 Å².